The normalized spacial score (nSPS) is 17.0. The van der Waals surface area contributed by atoms with Crippen LogP contribution >= 0.6 is 0 Å². The van der Waals surface area contributed by atoms with Gasteiger partial charge in [0.15, 0.2) is 0 Å². The monoisotopic (exact) mass is 497 g/mol. The Morgan fingerprint density at radius 2 is 1.91 bits per heavy atom. The Labute approximate surface area is 204 Å². The zero-order chi connectivity index (χ0) is 25.0. The zero-order valence-electron chi connectivity index (χ0n) is 19.5. The van der Waals surface area contributed by atoms with Crippen molar-refractivity contribution in [2.45, 2.75) is 31.6 Å². The summed E-state index contributed by atoms with van der Waals surface area (Å²) < 4.78 is 32.3. The lowest BCUT2D eigenvalue weighted by Crippen LogP contribution is -2.45. The molecule has 0 aliphatic carbocycles. The van der Waals surface area contributed by atoms with E-state index in [2.05, 4.69) is 20.6 Å². The first kappa shape index (κ1) is 24.6. The number of allylic oxidation sites excluding steroid dienone is 1. The summed E-state index contributed by atoms with van der Waals surface area (Å²) in [7, 11) is -3.67. The number of esters is 1. The molecule has 2 aromatic rings. The number of pyridine rings is 1. The fraction of sp³-hybridized carbons (Fsp3) is 0.333. The molecule has 4 rings (SSSR count). The molecule has 1 amide bonds. The van der Waals surface area contributed by atoms with E-state index in [0.29, 0.717) is 29.9 Å². The van der Waals surface area contributed by atoms with Gasteiger partial charge in [-0.2, -0.15) is 4.31 Å². The van der Waals surface area contributed by atoms with Gasteiger partial charge in [0, 0.05) is 37.1 Å². The maximum Gasteiger partial charge on any atom is 0.343 e. The van der Waals surface area contributed by atoms with Gasteiger partial charge in [0.2, 0.25) is 15.9 Å². The van der Waals surface area contributed by atoms with Gasteiger partial charge < -0.3 is 15.4 Å². The molecule has 1 saturated heterocycles. The highest BCUT2D eigenvalue weighted by Crippen LogP contribution is 2.30. The van der Waals surface area contributed by atoms with E-state index < -0.39 is 21.9 Å². The largest absolute Gasteiger partial charge is 0.462 e. The fourth-order valence-corrected chi connectivity index (χ4v) is 5.50. The molecule has 2 aliphatic rings. The number of amidine groups is 1. The van der Waals surface area contributed by atoms with Crippen LogP contribution in [-0.2, 0) is 24.3 Å². The second-order valence-corrected chi connectivity index (χ2v) is 10.1. The van der Waals surface area contributed by atoms with Gasteiger partial charge in [0.05, 0.1) is 18.0 Å². The third-order valence-electron chi connectivity index (χ3n) is 5.89. The number of carbonyl (C=O) groups is 2. The van der Waals surface area contributed by atoms with Gasteiger partial charge in [-0.05, 0) is 51.0 Å². The third kappa shape index (κ3) is 5.25. The number of hydrogen-bond donors (Lipinski definition) is 2. The van der Waals surface area contributed by atoms with Crippen LogP contribution in [0.5, 0.6) is 0 Å². The summed E-state index contributed by atoms with van der Waals surface area (Å²) in [5.74, 6) is -1.25. The Kier molecular flexibility index (Phi) is 7.27. The minimum absolute atomic E-state index is 0.105. The molecule has 2 N–H and O–H groups in total. The van der Waals surface area contributed by atoms with Crippen molar-refractivity contribution in [1.29, 1.82) is 0 Å². The highest BCUT2D eigenvalue weighted by molar-refractivity contribution is 7.89. The van der Waals surface area contributed by atoms with Crippen LogP contribution < -0.4 is 10.6 Å². The molecule has 3 heterocycles. The van der Waals surface area contributed by atoms with Gasteiger partial charge in [-0.15, -0.1) is 0 Å². The quantitative estimate of drug-likeness (QED) is 0.607. The van der Waals surface area contributed by atoms with Crippen LogP contribution in [0.1, 0.15) is 26.7 Å². The van der Waals surface area contributed by atoms with Gasteiger partial charge in [0.1, 0.15) is 16.3 Å². The summed E-state index contributed by atoms with van der Waals surface area (Å²) in [5, 5.41) is 5.98. The molecule has 35 heavy (non-hydrogen) atoms. The second-order valence-electron chi connectivity index (χ2n) is 8.18. The predicted molar refractivity (Wildman–Crippen MR) is 130 cm³/mol. The van der Waals surface area contributed by atoms with Crippen LogP contribution in [0.25, 0.3) is 0 Å². The number of carbonyl (C=O) groups excluding carboxylic acids is 2. The van der Waals surface area contributed by atoms with E-state index >= 15 is 0 Å². The second kappa shape index (κ2) is 10.4. The molecule has 0 atom stereocenters. The molecular weight excluding hydrogens is 470 g/mol. The van der Waals surface area contributed by atoms with Gasteiger partial charge in [-0.25, -0.2) is 18.2 Å². The number of nitrogens with one attached hydrogen (secondary N) is 2. The zero-order valence-corrected chi connectivity index (χ0v) is 20.3. The lowest BCUT2D eigenvalue weighted by Gasteiger charge is -2.30. The number of fused-ring (bicyclic) bond motifs is 1. The van der Waals surface area contributed by atoms with E-state index in [-0.39, 0.29) is 41.9 Å². The van der Waals surface area contributed by atoms with Gasteiger partial charge in [0.25, 0.3) is 0 Å². The van der Waals surface area contributed by atoms with Crippen molar-refractivity contribution in [3.63, 3.8) is 0 Å². The van der Waals surface area contributed by atoms with Gasteiger partial charge >= 0.3 is 5.97 Å². The third-order valence-corrected chi connectivity index (χ3v) is 7.77. The lowest BCUT2D eigenvalue weighted by atomic mass is 9.97. The number of benzene rings is 1. The molecule has 1 aromatic carbocycles. The molecule has 10 nitrogen and oxygen atoms in total. The Morgan fingerprint density at radius 1 is 1.17 bits per heavy atom. The van der Waals surface area contributed by atoms with Crippen LogP contribution in [0.2, 0.25) is 0 Å². The molecule has 0 spiro atoms. The van der Waals surface area contributed by atoms with Crippen molar-refractivity contribution in [3.8, 4) is 0 Å². The molecule has 0 bridgehead atoms. The van der Waals surface area contributed by atoms with E-state index in [4.69, 9.17) is 4.74 Å². The molecule has 0 unspecified atom stereocenters. The van der Waals surface area contributed by atoms with Crippen molar-refractivity contribution in [1.82, 2.24) is 14.6 Å². The first-order chi connectivity index (χ1) is 16.8. The Bertz CT molecular complexity index is 1280. The summed E-state index contributed by atoms with van der Waals surface area (Å²) in [6.45, 7) is 4.00. The standard InChI is InChI=1S/C24H27N5O5S/c1-3-34-24(31)21-16(2)26-19-8-4-5-9-20(19)27-22(21)28-23(30)17-10-13-29(14-11-17)35(32,33)18-7-6-12-25-15-18/h4-9,12,15,17,26H,3,10-11,13-14H2,1-2H3,(H,27,28,30). The summed E-state index contributed by atoms with van der Waals surface area (Å²) in [6, 6.07) is 10.3. The summed E-state index contributed by atoms with van der Waals surface area (Å²) in [5.41, 5.74) is 1.92. The van der Waals surface area contributed by atoms with E-state index in [1.165, 1.54) is 22.8 Å². The minimum atomic E-state index is -3.67. The van der Waals surface area contributed by atoms with Crippen LogP contribution in [-0.4, -0.2) is 55.1 Å². The molecule has 11 heteroatoms. The fourth-order valence-electron chi connectivity index (χ4n) is 4.06. The number of rotatable bonds is 5. The van der Waals surface area contributed by atoms with Crippen LogP contribution in [0.3, 0.4) is 0 Å². The van der Waals surface area contributed by atoms with Crippen LogP contribution in [0.15, 0.2) is 69.9 Å². The molecule has 1 fully saturated rings. The molecule has 0 saturated carbocycles. The van der Waals surface area contributed by atoms with Crippen LogP contribution in [0, 0.1) is 5.92 Å². The van der Waals surface area contributed by atoms with E-state index in [1.54, 1.807) is 26.0 Å². The first-order valence-corrected chi connectivity index (χ1v) is 12.8. The maximum absolute atomic E-state index is 13.2. The molecule has 2 aliphatic heterocycles. The van der Waals surface area contributed by atoms with Crippen molar-refractivity contribution < 1.29 is 22.7 Å². The highest BCUT2D eigenvalue weighted by Gasteiger charge is 2.34. The summed E-state index contributed by atoms with van der Waals surface area (Å²) in [6.07, 6.45) is 3.51. The minimum Gasteiger partial charge on any atom is -0.462 e. The Hall–Kier alpha value is -3.57. The number of amides is 1. The van der Waals surface area contributed by atoms with E-state index in [1.807, 2.05) is 18.2 Å². The highest BCUT2D eigenvalue weighted by atomic mass is 32.2. The van der Waals surface area contributed by atoms with Gasteiger partial charge in [-0.1, -0.05) is 12.1 Å². The molecule has 1 aromatic heterocycles. The van der Waals surface area contributed by atoms with Crippen molar-refractivity contribution in [2.75, 3.05) is 25.0 Å². The predicted octanol–water partition coefficient (Wildman–Crippen LogP) is 2.59. The van der Waals surface area contributed by atoms with Crippen molar-refractivity contribution in [3.05, 3.63) is 60.1 Å². The number of anilines is 1. The maximum atomic E-state index is 13.2. The number of sulfonamides is 1. The number of aliphatic imine (C=N–C) groups is 1. The topological polar surface area (TPSA) is 130 Å². The number of hydrogen-bond acceptors (Lipinski definition) is 8. The smallest absolute Gasteiger partial charge is 0.343 e. The number of para-hydroxylation sites is 2. The Morgan fingerprint density at radius 3 is 2.60 bits per heavy atom. The molecule has 0 radical (unpaired) electrons. The number of aromatic nitrogens is 1. The summed E-state index contributed by atoms with van der Waals surface area (Å²) >= 11 is 0. The lowest BCUT2D eigenvalue weighted by molar-refractivity contribution is -0.137. The number of nitrogens with zero attached hydrogens (tertiary/aromatic N) is 3. The Balaban J connectivity index is 1.52. The van der Waals surface area contributed by atoms with Crippen LogP contribution in [0.4, 0.5) is 11.4 Å². The number of piperidine rings is 1. The van der Waals surface area contributed by atoms with Crippen molar-refractivity contribution >= 4 is 39.1 Å². The average molecular weight is 498 g/mol. The average Bonchev–Trinajstić information content (AvgIpc) is 2.99. The number of ether oxygens (including phenoxy) is 1. The SMILES string of the molecule is CCOC(=O)C1=C(C)Nc2ccccc2N=C1NC(=O)C1CCN(S(=O)(=O)c2cccnc2)CC1. The van der Waals surface area contributed by atoms with E-state index in [9.17, 15) is 18.0 Å². The van der Waals surface area contributed by atoms with Gasteiger partial charge in [-0.3, -0.25) is 9.78 Å². The first-order valence-electron chi connectivity index (χ1n) is 11.4. The van der Waals surface area contributed by atoms with Crippen molar-refractivity contribution in [2.24, 2.45) is 10.9 Å². The summed E-state index contributed by atoms with van der Waals surface area (Å²) in [4.78, 5) is 34.5. The molecule has 184 valence electrons. The van der Waals surface area contributed by atoms with E-state index in [0.717, 1.165) is 0 Å². The molecular formula is C24H27N5O5S.